The summed E-state index contributed by atoms with van der Waals surface area (Å²) < 4.78 is 0. The van der Waals surface area contributed by atoms with E-state index in [4.69, 9.17) is 5.73 Å². The van der Waals surface area contributed by atoms with Gasteiger partial charge in [0.25, 0.3) is 0 Å². The average molecular weight is 220 g/mol. The van der Waals surface area contributed by atoms with Gasteiger partial charge >= 0.3 is 0 Å². The van der Waals surface area contributed by atoms with Crippen molar-refractivity contribution in [3.05, 3.63) is 34.5 Å². The molecular formula is C10H12N4S. The van der Waals surface area contributed by atoms with Crippen molar-refractivity contribution in [1.29, 1.82) is 0 Å². The van der Waals surface area contributed by atoms with Gasteiger partial charge in [-0.2, -0.15) is 0 Å². The Labute approximate surface area is 92.2 Å². The molecule has 0 radical (unpaired) electrons. The maximum Gasteiger partial charge on any atom is 0.0798 e. The van der Waals surface area contributed by atoms with Crippen LogP contribution in [0.5, 0.6) is 0 Å². The van der Waals surface area contributed by atoms with Crippen molar-refractivity contribution in [2.75, 3.05) is 11.1 Å². The molecule has 2 heterocycles. The molecule has 2 rings (SSSR count). The average Bonchev–Trinajstić information content (AvgIpc) is 2.61. The molecule has 0 amide bonds. The number of hydrogen-bond donors (Lipinski definition) is 2. The van der Waals surface area contributed by atoms with Gasteiger partial charge in [-0.1, -0.05) is 0 Å². The third-order valence-electron chi connectivity index (χ3n) is 2.06. The first-order chi connectivity index (χ1) is 7.25. The van der Waals surface area contributed by atoms with Gasteiger partial charge in [-0.25, -0.2) is 4.98 Å². The second-order valence-corrected chi connectivity index (χ2v) is 4.16. The van der Waals surface area contributed by atoms with E-state index in [1.807, 2.05) is 18.5 Å². The summed E-state index contributed by atoms with van der Waals surface area (Å²) in [5.41, 5.74) is 10.2. The Morgan fingerprint density at radius 2 is 2.33 bits per heavy atom. The van der Waals surface area contributed by atoms with E-state index in [9.17, 15) is 0 Å². The Hall–Kier alpha value is -1.62. The molecule has 3 N–H and O–H groups in total. The minimum atomic E-state index is 0.668. The van der Waals surface area contributed by atoms with Crippen LogP contribution in [0.1, 0.15) is 10.6 Å². The van der Waals surface area contributed by atoms with Crippen LogP contribution in [0, 0.1) is 6.92 Å². The molecular weight excluding hydrogens is 208 g/mol. The minimum Gasteiger partial charge on any atom is -0.397 e. The number of nitrogens with zero attached hydrogens (tertiary/aromatic N) is 2. The number of hydrogen-bond acceptors (Lipinski definition) is 5. The van der Waals surface area contributed by atoms with E-state index < -0.39 is 0 Å². The third kappa shape index (κ3) is 2.44. The first-order valence-corrected chi connectivity index (χ1v) is 5.47. The highest BCUT2D eigenvalue weighted by molar-refractivity contribution is 7.09. The Balaban J connectivity index is 2.02. The number of nitrogens with two attached hydrogens (primary N) is 1. The van der Waals surface area contributed by atoms with Crippen molar-refractivity contribution < 1.29 is 0 Å². The minimum absolute atomic E-state index is 0.668. The number of nitrogens with one attached hydrogen (secondary N) is 1. The molecule has 0 spiro atoms. The van der Waals surface area contributed by atoms with E-state index in [1.54, 1.807) is 23.7 Å². The van der Waals surface area contributed by atoms with Gasteiger partial charge in [-0.15, -0.1) is 11.3 Å². The van der Waals surface area contributed by atoms with Crippen LogP contribution in [0.3, 0.4) is 0 Å². The topological polar surface area (TPSA) is 63.8 Å². The largest absolute Gasteiger partial charge is 0.397 e. The van der Waals surface area contributed by atoms with Crippen LogP contribution >= 0.6 is 11.3 Å². The highest BCUT2D eigenvalue weighted by atomic mass is 32.1. The molecule has 0 bridgehead atoms. The molecule has 0 aliphatic heterocycles. The predicted molar refractivity (Wildman–Crippen MR) is 62.8 cm³/mol. The van der Waals surface area contributed by atoms with Crippen LogP contribution < -0.4 is 11.1 Å². The van der Waals surface area contributed by atoms with E-state index in [2.05, 4.69) is 15.3 Å². The zero-order valence-corrected chi connectivity index (χ0v) is 9.21. The monoisotopic (exact) mass is 220 g/mol. The van der Waals surface area contributed by atoms with Gasteiger partial charge in [0.2, 0.25) is 0 Å². The molecule has 0 saturated carbocycles. The van der Waals surface area contributed by atoms with Crippen molar-refractivity contribution in [1.82, 2.24) is 9.97 Å². The fraction of sp³-hybridized carbons (Fsp3) is 0.200. The molecule has 0 saturated heterocycles. The highest BCUT2D eigenvalue weighted by Gasteiger charge is 2.00. The molecule has 5 heteroatoms. The smallest absolute Gasteiger partial charge is 0.0798 e. The molecule has 15 heavy (non-hydrogen) atoms. The quantitative estimate of drug-likeness (QED) is 0.830. The fourth-order valence-corrected chi connectivity index (χ4v) is 1.95. The molecule has 0 aliphatic carbocycles. The van der Waals surface area contributed by atoms with Crippen LogP contribution in [0.15, 0.2) is 24.0 Å². The fourth-order valence-electron chi connectivity index (χ4n) is 1.23. The van der Waals surface area contributed by atoms with Gasteiger partial charge in [-0.05, 0) is 13.0 Å². The van der Waals surface area contributed by atoms with E-state index in [0.29, 0.717) is 5.69 Å². The molecule has 0 unspecified atom stereocenters. The summed E-state index contributed by atoms with van der Waals surface area (Å²) in [6, 6.07) is 1.86. The summed E-state index contributed by atoms with van der Waals surface area (Å²) in [7, 11) is 0. The Bertz CT molecular complexity index is 452. The maximum absolute atomic E-state index is 5.63. The summed E-state index contributed by atoms with van der Waals surface area (Å²) in [5.74, 6) is 0. The summed E-state index contributed by atoms with van der Waals surface area (Å²) in [5, 5.41) is 3.26. The van der Waals surface area contributed by atoms with Gasteiger partial charge in [0.15, 0.2) is 0 Å². The lowest BCUT2D eigenvalue weighted by atomic mass is 10.3. The lowest BCUT2D eigenvalue weighted by Gasteiger charge is -2.05. The van der Waals surface area contributed by atoms with Gasteiger partial charge in [0, 0.05) is 11.1 Å². The van der Waals surface area contributed by atoms with E-state index in [0.717, 1.165) is 17.9 Å². The molecule has 0 aromatic carbocycles. The number of thiazole rings is 1. The zero-order chi connectivity index (χ0) is 10.7. The Kier molecular flexibility index (Phi) is 2.82. The van der Waals surface area contributed by atoms with Crippen LogP contribution in [0.2, 0.25) is 0 Å². The van der Waals surface area contributed by atoms with Crippen LogP contribution in [0.25, 0.3) is 0 Å². The van der Waals surface area contributed by atoms with Crippen LogP contribution in [-0.4, -0.2) is 9.97 Å². The van der Waals surface area contributed by atoms with Crippen molar-refractivity contribution in [2.24, 2.45) is 0 Å². The molecule has 2 aromatic heterocycles. The highest BCUT2D eigenvalue weighted by Crippen LogP contribution is 2.15. The Morgan fingerprint density at radius 3 is 3.00 bits per heavy atom. The van der Waals surface area contributed by atoms with Gasteiger partial charge < -0.3 is 11.1 Å². The standard InChI is InChI=1S/C10H12N4S/c1-7-10(15-6-14-7)5-13-9-2-8(11)3-12-4-9/h2-4,6,13H,5,11H2,1H3. The zero-order valence-electron chi connectivity index (χ0n) is 8.40. The van der Waals surface area contributed by atoms with Crippen molar-refractivity contribution in [2.45, 2.75) is 13.5 Å². The number of pyridine rings is 1. The number of anilines is 2. The van der Waals surface area contributed by atoms with E-state index in [1.165, 1.54) is 4.88 Å². The second kappa shape index (κ2) is 4.27. The van der Waals surface area contributed by atoms with Crippen LogP contribution in [-0.2, 0) is 6.54 Å². The third-order valence-corrected chi connectivity index (χ3v) is 2.99. The van der Waals surface area contributed by atoms with Gasteiger partial charge in [0.05, 0.1) is 35.3 Å². The summed E-state index contributed by atoms with van der Waals surface area (Å²) in [6.07, 6.45) is 3.38. The summed E-state index contributed by atoms with van der Waals surface area (Å²) in [6.45, 7) is 2.77. The van der Waals surface area contributed by atoms with Gasteiger partial charge in [-0.3, -0.25) is 4.98 Å². The number of rotatable bonds is 3. The lowest BCUT2D eigenvalue weighted by molar-refractivity contribution is 1.11. The lowest BCUT2D eigenvalue weighted by Crippen LogP contribution is -2.00. The van der Waals surface area contributed by atoms with Crippen LogP contribution in [0.4, 0.5) is 11.4 Å². The molecule has 4 nitrogen and oxygen atoms in total. The Morgan fingerprint density at radius 1 is 1.47 bits per heavy atom. The molecule has 0 atom stereocenters. The first-order valence-electron chi connectivity index (χ1n) is 4.59. The predicted octanol–water partition coefficient (Wildman–Crippen LogP) is 2.04. The SMILES string of the molecule is Cc1ncsc1CNc1cncc(N)c1. The number of nitrogen functional groups attached to an aromatic ring is 1. The number of aromatic nitrogens is 2. The van der Waals surface area contributed by atoms with Crippen molar-refractivity contribution in [3.63, 3.8) is 0 Å². The summed E-state index contributed by atoms with van der Waals surface area (Å²) >= 11 is 1.65. The first kappa shape index (κ1) is 9.92. The van der Waals surface area contributed by atoms with E-state index in [-0.39, 0.29) is 0 Å². The second-order valence-electron chi connectivity index (χ2n) is 3.22. The van der Waals surface area contributed by atoms with E-state index >= 15 is 0 Å². The van der Waals surface area contributed by atoms with Crippen molar-refractivity contribution in [3.8, 4) is 0 Å². The molecule has 0 fully saturated rings. The molecule has 0 aliphatic rings. The van der Waals surface area contributed by atoms with Gasteiger partial charge in [0.1, 0.15) is 0 Å². The maximum atomic E-state index is 5.63. The summed E-state index contributed by atoms with van der Waals surface area (Å²) in [4.78, 5) is 9.43. The molecule has 78 valence electrons. The normalized spacial score (nSPS) is 10.2. The number of aryl methyl sites for hydroxylation is 1. The van der Waals surface area contributed by atoms with Crippen molar-refractivity contribution >= 4 is 22.7 Å². The molecule has 2 aromatic rings.